The van der Waals surface area contributed by atoms with Gasteiger partial charge in [-0.25, -0.2) is 4.98 Å². The molecule has 0 bridgehead atoms. The van der Waals surface area contributed by atoms with Gasteiger partial charge in [-0.2, -0.15) is 5.26 Å². The van der Waals surface area contributed by atoms with Gasteiger partial charge in [-0.15, -0.1) is 6.58 Å². The first-order valence-electron chi connectivity index (χ1n) is 8.96. The summed E-state index contributed by atoms with van der Waals surface area (Å²) in [6.07, 6.45) is 2.56. The Bertz CT molecular complexity index is 1180. The van der Waals surface area contributed by atoms with Gasteiger partial charge in [-0.05, 0) is 36.6 Å². The molecule has 0 atom stereocenters. The van der Waals surface area contributed by atoms with Gasteiger partial charge in [0.25, 0.3) is 0 Å². The molecule has 4 nitrogen and oxygen atoms in total. The molecule has 1 N–H and O–H groups in total. The van der Waals surface area contributed by atoms with Crippen molar-refractivity contribution >= 4 is 22.5 Å². The van der Waals surface area contributed by atoms with E-state index in [2.05, 4.69) is 34.5 Å². The molecule has 27 heavy (non-hydrogen) atoms. The molecule has 2 aromatic carbocycles. The van der Waals surface area contributed by atoms with Crippen molar-refractivity contribution in [1.29, 1.82) is 5.26 Å². The van der Waals surface area contributed by atoms with E-state index in [1.165, 1.54) is 5.56 Å². The number of hydrogen-bond donors (Lipinski definition) is 1. The minimum atomic E-state index is 0.619. The molecule has 0 amide bonds. The second-order valence-electron chi connectivity index (χ2n) is 6.53. The van der Waals surface area contributed by atoms with Crippen LogP contribution in [0.1, 0.15) is 22.3 Å². The van der Waals surface area contributed by atoms with E-state index >= 15 is 0 Å². The van der Waals surface area contributed by atoms with Crippen LogP contribution in [0.2, 0.25) is 0 Å². The van der Waals surface area contributed by atoms with Crippen molar-refractivity contribution in [2.45, 2.75) is 19.9 Å². The number of pyridine rings is 1. The lowest BCUT2D eigenvalue weighted by molar-refractivity contribution is 1.04. The fraction of sp³-hybridized carbons (Fsp3) is 0.130. The Labute approximate surface area is 158 Å². The summed E-state index contributed by atoms with van der Waals surface area (Å²) < 4.78 is 2.07. The van der Waals surface area contributed by atoms with Gasteiger partial charge >= 0.3 is 0 Å². The molecule has 132 valence electrons. The zero-order valence-corrected chi connectivity index (χ0v) is 15.2. The zero-order chi connectivity index (χ0) is 18.8. The largest absolute Gasteiger partial charge is 0.367 e. The van der Waals surface area contributed by atoms with Crippen LogP contribution in [0.15, 0.2) is 67.3 Å². The van der Waals surface area contributed by atoms with Gasteiger partial charge in [0.2, 0.25) is 0 Å². The van der Waals surface area contributed by atoms with Gasteiger partial charge in [0.1, 0.15) is 11.9 Å². The summed E-state index contributed by atoms with van der Waals surface area (Å²) in [4.78, 5) is 4.74. The summed E-state index contributed by atoms with van der Waals surface area (Å²) in [5, 5.41) is 13.4. The van der Waals surface area contributed by atoms with Gasteiger partial charge < -0.3 is 5.32 Å². The summed E-state index contributed by atoms with van der Waals surface area (Å²) >= 11 is 0. The van der Waals surface area contributed by atoms with Crippen molar-refractivity contribution in [3.63, 3.8) is 0 Å². The monoisotopic (exact) mass is 352 g/mol. The Hall–Kier alpha value is -3.58. The normalized spacial score (nSPS) is 10.8. The second kappa shape index (κ2) is 6.97. The molecule has 4 heteroatoms. The van der Waals surface area contributed by atoms with Crippen LogP contribution >= 0.6 is 0 Å². The van der Waals surface area contributed by atoms with Crippen molar-refractivity contribution < 1.29 is 0 Å². The van der Waals surface area contributed by atoms with Crippen LogP contribution in [0.5, 0.6) is 0 Å². The van der Waals surface area contributed by atoms with Gasteiger partial charge in [-0.3, -0.25) is 4.40 Å². The second-order valence-corrected chi connectivity index (χ2v) is 6.53. The summed E-state index contributed by atoms with van der Waals surface area (Å²) in [6, 6.07) is 20.6. The third kappa shape index (κ3) is 2.84. The summed E-state index contributed by atoms with van der Waals surface area (Å²) in [7, 11) is 0. The van der Waals surface area contributed by atoms with Crippen molar-refractivity contribution in [2.24, 2.45) is 0 Å². The number of hydrogen-bond acceptors (Lipinski definition) is 3. The lowest BCUT2D eigenvalue weighted by atomic mass is 10.0. The molecule has 0 saturated heterocycles. The molecule has 0 spiro atoms. The summed E-state index contributed by atoms with van der Waals surface area (Å²) in [5.74, 6) is 0.971. The number of allylic oxidation sites excluding steroid dienone is 1. The lowest BCUT2D eigenvalue weighted by Crippen LogP contribution is -2.11. The van der Waals surface area contributed by atoms with Crippen LogP contribution in [0.3, 0.4) is 0 Å². The topological polar surface area (TPSA) is 53.1 Å². The van der Waals surface area contributed by atoms with Crippen LogP contribution < -0.4 is 5.32 Å². The summed E-state index contributed by atoms with van der Waals surface area (Å²) in [5.41, 5.74) is 6.41. The number of benzene rings is 2. The maximum atomic E-state index is 9.78. The molecule has 4 aromatic rings. The number of nitrogens with one attached hydrogen (secondary N) is 1. The quantitative estimate of drug-likeness (QED) is 0.514. The Kier molecular flexibility index (Phi) is 4.35. The molecule has 0 radical (unpaired) electrons. The predicted molar refractivity (Wildman–Crippen MR) is 110 cm³/mol. The molecule has 0 unspecified atom stereocenters. The number of aromatic nitrogens is 2. The molecule has 4 rings (SSSR count). The fourth-order valence-corrected chi connectivity index (χ4v) is 3.55. The molecule has 2 heterocycles. The van der Waals surface area contributed by atoms with Crippen LogP contribution in [-0.2, 0) is 13.0 Å². The molecular formula is C23H20N4. The van der Waals surface area contributed by atoms with E-state index in [1.807, 2.05) is 55.5 Å². The first-order valence-corrected chi connectivity index (χ1v) is 8.96. The fourth-order valence-electron chi connectivity index (χ4n) is 3.55. The Morgan fingerprint density at radius 2 is 1.89 bits per heavy atom. The average molecular weight is 352 g/mol. The van der Waals surface area contributed by atoms with E-state index in [0.29, 0.717) is 24.2 Å². The Morgan fingerprint density at radius 1 is 1.15 bits per heavy atom. The standard InChI is InChI=1S/C23H20N4/c1-3-9-18-16(2)19(14-24)23-26-20-12-7-8-13-21(20)27(23)22(18)25-15-17-10-5-4-6-11-17/h3-8,10-13,25H,1,9,15H2,2H3. The van der Waals surface area contributed by atoms with Crippen molar-refractivity contribution in [1.82, 2.24) is 9.38 Å². The number of fused-ring (bicyclic) bond motifs is 3. The molecule has 0 saturated carbocycles. The third-order valence-corrected chi connectivity index (χ3v) is 4.88. The van der Waals surface area contributed by atoms with E-state index in [9.17, 15) is 5.26 Å². The number of nitrogens with zero attached hydrogens (tertiary/aromatic N) is 3. The van der Waals surface area contributed by atoms with E-state index in [-0.39, 0.29) is 0 Å². The van der Waals surface area contributed by atoms with Crippen molar-refractivity contribution in [3.05, 3.63) is 89.5 Å². The van der Waals surface area contributed by atoms with E-state index in [4.69, 9.17) is 4.98 Å². The number of rotatable bonds is 5. The SMILES string of the molecule is C=CCc1c(C)c(C#N)c2nc3ccccc3n2c1NCc1ccccc1. The highest BCUT2D eigenvalue weighted by Gasteiger charge is 2.19. The van der Waals surface area contributed by atoms with Crippen LogP contribution in [0, 0.1) is 18.3 Å². The smallest absolute Gasteiger partial charge is 0.157 e. The third-order valence-electron chi connectivity index (χ3n) is 4.88. The van der Waals surface area contributed by atoms with E-state index < -0.39 is 0 Å². The average Bonchev–Trinajstić information content (AvgIpc) is 3.08. The van der Waals surface area contributed by atoms with Crippen molar-refractivity contribution in [3.8, 4) is 6.07 Å². The van der Waals surface area contributed by atoms with Crippen LogP contribution in [-0.4, -0.2) is 9.38 Å². The molecule has 0 fully saturated rings. The predicted octanol–water partition coefficient (Wildman–Crippen LogP) is 5.01. The highest BCUT2D eigenvalue weighted by Crippen LogP contribution is 2.31. The number of anilines is 1. The first kappa shape index (κ1) is 16.9. The highest BCUT2D eigenvalue weighted by molar-refractivity contribution is 5.86. The highest BCUT2D eigenvalue weighted by atomic mass is 15.1. The number of nitriles is 1. The number of para-hydroxylation sites is 2. The zero-order valence-electron chi connectivity index (χ0n) is 15.2. The first-order chi connectivity index (χ1) is 13.2. The van der Waals surface area contributed by atoms with Crippen molar-refractivity contribution in [2.75, 3.05) is 5.32 Å². The van der Waals surface area contributed by atoms with Crippen LogP contribution in [0.4, 0.5) is 5.82 Å². The molecule has 2 aromatic heterocycles. The van der Waals surface area contributed by atoms with Gasteiger partial charge in [0, 0.05) is 12.1 Å². The maximum Gasteiger partial charge on any atom is 0.157 e. The number of imidazole rings is 1. The lowest BCUT2D eigenvalue weighted by Gasteiger charge is -2.18. The van der Waals surface area contributed by atoms with Gasteiger partial charge in [0.05, 0.1) is 16.6 Å². The Balaban J connectivity index is 2.00. The van der Waals surface area contributed by atoms with Crippen LogP contribution in [0.25, 0.3) is 16.7 Å². The van der Waals surface area contributed by atoms with Gasteiger partial charge in [0.15, 0.2) is 5.65 Å². The van der Waals surface area contributed by atoms with Gasteiger partial charge in [-0.1, -0.05) is 48.5 Å². The molecular weight excluding hydrogens is 332 g/mol. The van der Waals surface area contributed by atoms with E-state index in [0.717, 1.165) is 28.0 Å². The molecule has 0 aliphatic heterocycles. The molecule has 0 aliphatic carbocycles. The minimum absolute atomic E-state index is 0.619. The summed E-state index contributed by atoms with van der Waals surface area (Å²) in [6.45, 7) is 6.59. The Morgan fingerprint density at radius 3 is 2.63 bits per heavy atom. The maximum absolute atomic E-state index is 9.78. The van der Waals surface area contributed by atoms with E-state index in [1.54, 1.807) is 0 Å². The minimum Gasteiger partial charge on any atom is -0.367 e. The molecule has 0 aliphatic rings.